The van der Waals surface area contributed by atoms with Crippen molar-refractivity contribution < 1.29 is 15.0 Å². The van der Waals surface area contributed by atoms with E-state index in [0.717, 1.165) is 6.42 Å². The third-order valence-electron chi connectivity index (χ3n) is 2.75. The number of piperidine rings is 1. The molecular weight excluding hydrogens is 146 g/mol. The van der Waals surface area contributed by atoms with Gasteiger partial charge in [0, 0.05) is 18.5 Å². The molecule has 2 bridgehead atoms. The zero-order chi connectivity index (χ0) is 8.01. The van der Waals surface area contributed by atoms with Crippen LogP contribution in [0, 0.1) is 5.92 Å². The Labute approximate surface area is 64.4 Å². The summed E-state index contributed by atoms with van der Waals surface area (Å²) in [5.41, 5.74) is 0. The molecule has 62 valence electrons. The highest BCUT2D eigenvalue weighted by molar-refractivity contribution is 5.66. The van der Waals surface area contributed by atoms with Gasteiger partial charge in [-0.2, -0.15) is 0 Å². The lowest BCUT2D eigenvalue weighted by molar-refractivity contribution is 0.0705. The van der Waals surface area contributed by atoms with Crippen LogP contribution in [0.1, 0.15) is 12.8 Å². The van der Waals surface area contributed by atoms with Crippen molar-refractivity contribution in [1.82, 2.24) is 4.90 Å². The van der Waals surface area contributed by atoms with Crippen LogP contribution in [0.25, 0.3) is 0 Å². The first-order valence-electron chi connectivity index (χ1n) is 3.86. The summed E-state index contributed by atoms with van der Waals surface area (Å²) in [5, 5.41) is 18.0. The highest BCUT2D eigenvalue weighted by Crippen LogP contribution is 2.37. The van der Waals surface area contributed by atoms with E-state index in [1.165, 1.54) is 4.90 Å². The summed E-state index contributed by atoms with van der Waals surface area (Å²) in [6.07, 6.45) is 0.393. The Hall–Kier alpha value is -0.770. The molecule has 1 aliphatic heterocycles. The monoisotopic (exact) mass is 157 g/mol. The van der Waals surface area contributed by atoms with Gasteiger partial charge in [0.15, 0.2) is 0 Å². The second kappa shape index (κ2) is 2.11. The van der Waals surface area contributed by atoms with E-state index >= 15 is 0 Å². The van der Waals surface area contributed by atoms with Gasteiger partial charge in [-0.1, -0.05) is 0 Å². The number of rotatable bonds is 0. The molecule has 0 spiro atoms. The van der Waals surface area contributed by atoms with Gasteiger partial charge in [0.2, 0.25) is 0 Å². The van der Waals surface area contributed by atoms with Crippen molar-refractivity contribution in [1.29, 1.82) is 0 Å². The van der Waals surface area contributed by atoms with E-state index in [1.54, 1.807) is 0 Å². The molecule has 2 rings (SSSR count). The highest BCUT2D eigenvalue weighted by Gasteiger charge is 2.45. The van der Waals surface area contributed by atoms with Crippen molar-refractivity contribution in [3.63, 3.8) is 0 Å². The Bertz CT molecular complexity index is 192. The predicted molar refractivity (Wildman–Crippen MR) is 37.2 cm³/mol. The predicted octanol–water partition coefficient (Wildman–Crippen LogP) is 0.120. The van der Waals surface area contributed by atoms with E-state index in [4.69, 9.17) is 5.11 Å². The van der Waals surface area contributed by atoms with E-state index in [1.807, 2.05) is 0 Å². The maximum atomic E-state index is 10.5. The third kappa shape index (κ3) is 0.894. The summed E-state index contributed by atoms with van der Waals surface area (Å²) in [5.74, 6) is 0.205. The first-order chi connectivity index (χ1) is 5.18. The standard InChI is InChI=1S/C7H11NO3/c9-6-2-5-1-4(6)3-8(5)7(10)11/h4-6,9H,1-3H2,(H,10,11). The molecule has 0 aromatic carbocycles. The molecule has 11 heavy (non-hydrogen) atoms. The Balaban J connectivity index is 2.08. The molecule has 2 fully saturated rings. The summed E-state index contributed by atoms with van der Waals surface area (Å²) in [6.45, 7) is 0.529. The van der Waals surface area contributed by atoms with Crippen LogP contribution in [0.3, 0.4) is 0 Å². The molecule has 2 N–H and O–H groups in total. The largest absolute Gasteiger partial charge is 0.465 e. The fourth-order valence-corrected chi connectivity index (χ4v) is 2.16. The maximum absolute atomic E-state index is 10.5. The van der Waals surface area contributed by atoms with Crippen LogP contribution in [0.15, 0.2) is 0 Å². The molecule has 1 aliphatic carbocycles. The van der Waals surface area contributed by atoms with E-state index < -0.39 is 6.09 Å². The first-order valence-corrected chi connectivity index (χ1v) is 3.86. The Morgan fingerprint density at radius 2 is 2.18 bits per heavy atom. The summed E-state index contributed by atoms with van der Waals surface area (Å²) >= 11 is 0. The van der Waals surface area contributed by atoms with Gasteiger partial charge < -0.3 is 15.1 Å². The minimum Gasteiger partial charge on any atom is -0.465 e. The van der Waals surface area contributed by atoms with Gasteiger partial charge in [-0.15, -0.1) is 0 Å². The molecule has 1 heterocycles. The number of hydrogen-bond acceptors (Lipinski definition) is 2. The fraction of sp³-hybridized carbons (Fsp3) is 0.857. The van der Waals surface area contributed by atoms with E-state index in [9.17, 15) is 9.90 Å². The van der Waals surface area contributed by atoms with Crippen LogP contribution >= 0.6 is 0 Å². The van der Waals surface area contributed by atoms with E-state index in [2.05, 4.69) is 0 Å². The number of aliphatic hydroxyl groups is 1. The second-order valence-corrected chi connectivity index (χ2v) is 3.39. The fourth-order valence-electron chi connectivity index (χ4n) is 2.16. The van der Waals surface area contributed by atoms with Crippen molar-refractivity contribution in [3.05, 3.63) is 0 Å². The van der Waals surface area contributed by atoms with Gasteiger partial charge in [0.1, 0.15) is 0 Å². The van der Waals surface area contributed by atoms with Crippen LogP contribution in [-0.4, -0.2) is 39.9 Å². The van der Waals surface area contributed by atoms with Crippen molar-refractivity contribution in [2.24, 2.45) is 5.92 Å². The number of likely N-dealkylation sites (tertiary alicyclic amines) is 1. The van der Waals surface area contributed by atoms with Gasteiger partial charge in [0.05, 0.1) is 6.10 Å². The number of hydrogen-bond donors (Lipinski definition) is 2. The minimum atomic E-state index is -0.843. The molecule has 0 radical (unpaired) electrons. The average Bonchev–Trinajstić information content (AvgIpc) is 2.43. The van der Waals surface area contributed by atoms with Crippen LogP contribution in [0.2, 0.25) is 0 Å². The first kappa shape index (κ1) is 6.91. The van der Waals surface area contributed by atoms with Gasteiger partial charge in [-0.25, -0.2) is 4.79 Å². The van der Waals surface area contributed by atoms with Crippen molar-refractivity contribution in [2.45, 2.75) is 25.0 Å². The molecule has 1 saturated heterocycles. The van der Waals surface area contributed by atoms with Gasteiger partial charge in [-0.3, -0.25) is 0 Å². The molecule has 3 atom stereocenters. The molecular formula is C7H11NO3. The minimum absolute atomic E-state index is 0.0903. The molecule has 3 unspecified atom stereocenters. The lowest BCUT2D eigenvalue weighted by atomic mass is 10.1. The van der Waals surface area contributed by atoms with Crippen molar-refractivity contribution in [3.8, 4) is 0 Å². The normalized spacial score (nSPS) is 41.5. The molecule has 1 saturated carbocycles. The molecule has 1 amide bonds. The molecule has 4 heteroatoms. The second-order valence-electron chi connectivity index (χ2n) is 3.39. The van der Waals surface area contributed by atoms with Crippen LogP contribution in [-0.2, 0) is 0 Å². The highest BCUT2D eigenvalue weighted by atomic mass is 16.4. The van der Waals surface area contributed by atoms with Crippen LogP contribution < -0.4 is 0 Å². The summed E-state index contributed by atoms with van der Waals surface area (Å²) in [4.78, 5) is 12.0. The lowest BCUT2D eigenvalue weighted by Gasteiger charge is -2.26. The van der Waals surface area contributed by atoms with Gasteiger partial charge in [-0.05, 0) is 12.8 Å². The summed E-state index contributed by atoms with van der Waals surface area (Å²) in [7, 11) is 0. The summed E-state index contributed by atoms with van der Waals surface area (Å²) < 4.78 is 0. The van der Waals surface area contributed by atoms with E-state index in [-0.39, 0.29) is 18.1 Å². The zero-order valence-electron chi connectivity index (χ0n) is 6.10. The number of nitrogens with zero attached hydrogens (tertiary/aromatic N) is 1. The maximum Gasteiger partial charge on any atom is 0.407 e. The quantitative estimate of drug-likeness (QED) is 0.525. The molecule has 0 aromatic heterocycles. The topological polar surface area (TPSA) is 60.8 Å². The Morgan fingerprint density at radius 3 is 2.55 bits per heavy atom. The lowest BCUT2D eigenvalue weighted by Crippen LogP contribution is -2.40. The number of aliphatic hydroxyl groups excluding tert-OH is 1. The smallest absolute Gasteiger partial charge is 0.407 e. The number of fused-ring (bicyclic) bond motifs is 2. The Morgan fingerprint density at radius 1 is 1.45 bits per heavy atom. The van der Waals surface area contributed by atoms with Crippen molar-refractivity contribution in [2.75, 3.05) is 6.54 Å². The Kier molecular flexibility index (Phi) is 1.32. The van der Waals surface area contributed by atoms with Gasteiger partial charge in [0.25, 0.3) is 0 Å². The zero-order valence-corrected chi connectivity index (χ0v) is 6.10. The average molecular weight is 157 g/mol. The molecule has 0 aromatic rings. The van der Waals surface area contributed by atoms with Gasteiger partial charge >= 0.3 is 6.09 Å². The SMILES string of the molecule is O=C(O)N1CC2CC1CC2O. The van der Waals surface area contributed by atoms with E-state index in [0.29, 0.717) is 13.0 Å². The number of carboxylic acid groups (broad SMARTS) is 1. The molecule has 4 nitrogen and oxygen atoms in total. The third-order valence-corrected chi connectivity index (χ3v) is 2.75. The van der Waals surface area contributed by atoms with Crippen LogP contribution in [0.4, 0.5) is 4.79 Å². The van der Waals surface area contributed by atoms with Crippen LogP contribution in [0.5, 0.6) is 0 Å². The number of carbonyl (C=O) groups is 1. The van der Waals surface area contributed by atoms with Crippen molar-refractivity contribution >= 4 is 6.09 Å². The molecule has 2 aliphatic rings. The number of amides is 1. The summed E-state index contributed by atoms with van der Waals surface area (Å²) in [6, 6.07) is 0.0903.